The first-order valence-electron chi connectivity index (χ1n) is 6.15. The van der Waals surface area contributed by atoms with E-state index in [0.29, 0.717) is 5.69 Å². The third-order valence-corrected chi connectivity index (χ3v) is 2.66. The number of benzene rings is 2. The van der Waals surface area contributed by atoms with Crippen LogP contribution in [0.4, 0.5) is 14.5 Å². The van der Waals surface area contributed by atoms with Crippen LogP contribution in [0.3, 0.4) is 0 Å². The number of nitrogens with two attached hydrogens (primary N) is 1. The third kappa shape index (κ3) is 3.88. The summed E-state index contributed by atoms with van der Waals surface area (Å²) in [4.78, 5) is 11.9. The van der Waals surface area contributed by atoms with Gasteiger partial charge in [-0.05, 0) is 42.5 Å². The van der Waals surface area contributed by atoms with Crippen molar-refractivity contribution in [3.8, 4) is 11.8 Å². The second-order valence-electron chi connectivity index (χ2n) is 4.17. The molecule has 0 saturated heterocycles. The highest BCUT2D eigenvalue weighted by molar-refractivity contribution is 6.04. The zero-order chi connectivity index (χ0) is 15.2. The van der Waals surface area contributed by atoms with E-state index in [1.54, 1.807) is 24.3 Å². The number of hydrogen-bond donors (Lipinski definition) is 2. The largest absolute Gasteiger partial charge is 0.322 e. The number of nitrogens with one attached hydrogen (secondary N) is 1. The molecule has 0 atom stereocenters. The summed E-state index contributed by atoms with van der Waals surface area (Å²) in [7, 11) is 0. The first-order valence-corrected chi connectivity index (χ1v) is 6.15. The van der Waals surface area contributed by atoms with Gasteiger partial charge in [0.15, 0.2) is 11.6 Å². The Bertz CT molecular complexity index is 715. The summed E-state index contributed by atoms with van der Waals surface area (Å²) in [6.45, 7) is 0.272. The molecule has 2 rings (SSSR count). The van der Waals surface area contributed by atoms with Gasteiger partial charge in [0.2, 0.25) is 0 Å². The smallest absolute Gasteiger partial charge is 0.255 e. The maximum atomic E-state index is 13.1. The van der Waals surface area contributed by atoms with Crippen LogP contribution in [-0.4, -0.2) is 12.5 Å². The number of hydrogen-bond acceptors (Lipinski definition) is 2. The van der Waals surface area contributed by atoms with Crippen molar-refractivity contribution in [3.63, 3.8) is 0 Å². The molecule has 0 bridgehead atoms. The van der Waals surface area contributed by atoms with Gasteiger partial charge in [-0.3, -0.25) is 4.79 Å². The van der Waals surface area contributed by atoms with Crippen molar-refractivity contribution in [3.05, 3.63) is 65.2 Å². The lowest BCUT2D eigenvalue weighted by Gasteiger charge is -2.05. The normalized spacial score (nSPS) is 9.67. The summed E-state index contributed by atoms with van der Waals surface area (Å²) >= 11 is 0. The highest BCUT2D eigenvalue weighted by atomic mass is 19.2. The van der Waals surface area contributed by atoms with Crippen LogP contribution in [0.1, 0.15) is 15.9 Å². The van der Waals surface area contributed by atoms with Crippen molar-refractivity contribution in [1.82, 2.24) is 0 Å². The molecule has 21 heavy (non-hydrogen) atoms. The van der Waals surface area contributed by atoms with Crippen LogP contribution in [0, 0.1) is 23.5 Å². The van der Waals surface area contributed by atoms with Gasteiger partial charge in [-0.2, -0.15) is 0 Å². The van der Waals surface area contributed by atoms with E-state index in [-0.39, 0.29) is 12.1 Å². The van der Waals surface area contributed by atoms with Crippen LogP contribution < -0.4 is 11.1 Å². The van der Waals surface area contributed by atoms with E-state index in [4.69, 9.17) is 5.73 Å². The molecule has 0 aliphatic rings. The Balaban J connectivity index is 2.10. The summed E-state index contributed by atoms with van der Waals surface area (Å²) in [5, 5.41) is 2.59. The van der Waals surface area contributed by atoms with Crippen molar-refractivity contribution in [1.29, 1.82) is 0 Å². The minimum atomic E-state index is -1.06. The SMILES string of the molecule is NCC#Cc1ccc(NC(=O)c2ccc(F)c(F)c2)cc1. The molecule has 0 heterocycles. The van der Waals surface area contributed by atoms with Crippen LogP contribution in [0.25, 0.3) is 0 Å². The van der Waals surface area contributed by atoms with Gasteiger partial charge in [-0.25, -0.2) is 8.78 Å². The zero-order valence-corrected chi connectivity index (χ0v) is 11.0. The van der Waals surface area contributed by atoms with Crippen LogP contribution in [0.5, 0.6) is 0 Å². The minimum Gasteiger partial charge on any atom is -0.322 e. The average molecular weight is 286 g/mol. The van der Waals surface area contributed by atoms with E-state index in [9.17, 15) is 13.6 Å². The van der Waals surface area contributed by atoms with Crippen molar-refractivity contribution in [2.75, 3.05) is 11.9 Å². The predicted molar refractivity (Wildman–Crippen MR) is 76.7 cm³/mol. The van der Waals surface area contributed by atoms with Gasteiger partial charge in [-0.15, -0.1) is 0 Å². The van der Waals surface area contributed by atoms with E-state index >= 15 is 0 Å². The van der Waals surface area contributed by atoms with Crippen molar-refractivity contribution >= 4 is 11.6 Å². The molecule has 0 spiro atoms. The van der Waals surface area contributed by atoms with Gasteiger partial charge in [0, 0.05) is 16.8 Å². The molecule has 1 amide bonds. The molecule has 3 nitrogen and oxygen atoms in total. The van der Waals surface area contributed by atoms with Crippen molar-refractivity contribution in [2.45, 2.75) is 0 Å². The van der Waals surface area contributed by atoms with E-state index in [2.05, 4.69) is 17.2 Å². The van der Waals surface area contributed by atoms with E-state index < -0.39 is 17.5 Å². The Morgan fingerprint density at radius 1 is 1.10 bits per heavy atom. The van der Waals surface area contributed by atoms with Gasteiger partial charge >= 0.3 is 0 Å². The number of rotatable bonds is 2. The fraction of sp³-hybridized carbons (Fsp3) is 0.0625. The van der Waals surface area contributed by atoms with Gasteiger partial charge in [0.25, 0.3) is 5.91 Å². The number of carbonyl (C=O) groups is 1. The summed E-state index contributed by atoms with van der Waals surface area (Å²) in [6.07, 6.45) is 0. The van der Waals surface area contributed by atoms with Gasteiger partial charge in [-0.1, -0.05) is 11.8 Å². The second kappa shape index (κ2) is 6.64. The molecule has 5 heteroatoms. The Morgan fingerprint density at radius 2 is 1.81 bits per heavy atom. The molecule has 2 aromatic carbocycles. The summed E-state index contributed by atoms with van der Waals surface area (Å²) < 4.78 is 25.9. The number of carbonyl (C=O) groups excluding carboxylic acids is 1. The van der Waals surface area contributed by atoms with Crippen LogP contribution in [0.15, 0.2) is 42.5 Å². The summed E-state index contributed by atoms with van der Waals surface area (Å²) in [5.41, 5.74) is 6.61. The topological polar surface area (TPSA) is 55.1 Å². The fourth-order valence-electron chi connectivity index (χ4n) is 1.63. The molecule has 0 aliphatic carbocycles. The van der Waals surface area contributed by atoms with Gasteiger partial charge in [0.05, 0.1) is 6.54 Å². The Morgan fingerprint density at radius 3 is 2.43 bits per heavy atom. The predicted octanol–water partition coefficient (Wildman–Crippen LogP) is 2.53. The highest BCUT2D eigenvalue weighted by Gasteiger charge is 2.09. The second-order valence-corrected chi connectivity index (χ2v) is 4.17. The van der Waals surface area contributed by atoms with Crippen molar-refractivity contribution in [2.24, 2.45) is 5.73 Å². The molecule has 0 fully saturated rings. The quantitative estimate of drug-likeness (QED) is 0.834. The number of anilines is 1. The molecule has 0 aromatic heterocycles. The molecule has 0 unspecified atom stereocenters. The number of halogens is 2. The van der Waals surface area contributed by atoms with Crippen molar-refractivity contribution < 1.29 is 13.6 Å². The van der Waals surface area contributed by atoms with Gasteiger partial charge < -0.3 is 11.1 Å². The first kappa shape index (κ1) is 14.7. The maximum absolute atomic E-state index is 13.1. The molecule has 0 radical (unpaired) electrons. The number of amides is 1. The monoisotopic (exact) mass is 286 g/mol. The molecule has 0 aliphatic heterocycles. The van der Waals surface area contributed by atoms with E-state index in [1.165, 1.54) is 6.07 Å². The van der Waals surface area contributed by atoms with Crippen LogP contribution in [-0.2, 0) is 0 Å². The minimum absolute atomic E-state index is 0.0425. The molecule has 2 aromatic rings. The molecular formula is C16H12F2N2O. The first-order chi connectivity index (χ1) is 10.1. The third-order valence-electron chi connectivity index (χ3n) is 2.66. The standard InChI is InChI=1S/C16H12F2N2O/c17-14-8-5-12(10-15(14)18)16(21)20-13-6-3-11(4-7-13)2-1-9-19/h3-8,10H,9,19H2,(H,20,21). The van der Waals surface area contributed by atoms with Crippen LogP contribution in [0.2, 0.25) is 0 Å². The zero-order valence-electron chi connectivity index (χ0n) is 11.0. The lowest BCUT2D eigenvalue weighted by molar-refractivity contribution is 0.102. The maximum Gasteiger partial charge on any atom is 0.255 e. The van der Waals surface area contributed by atoms with Crippen LogP contribution >= 0.6 is 0 Å². The summed E-state index contributed by atoms with van der Waals surface area (Å²) in [6, 6.07) is 9.76. The Hall–Kier alpha value is -2.71. The lowest BCUT2D eigenvalue weighted by Crippen LogP contribution is -2.12. The Kier molecular flexibility index (Phi) is 4.64. The molecule has 0 saturated carbocycles. The van der Waals surface area contributed by atoms with E-state index in [0.717, 1.165) is 17.7 Å². The molecular weight excluding hydrogens is 274 g/mol. The molecule has 106 valence electrons. The lowest BCUT2D eigenvalue weighted by atomic mass is 10.1. The molecule has 3 N–H and O–H groups in total. The van der Waals surface area contributed by atoms with E-state index in [1.807, 2.05) is 0 Å². The average Bonchev–Trinajstić information content (AvgIpc) is 2.49. The highest BCUT2D eigenvalue weighted by Crippen LogP contribution is 2.13. The summed E-state index contributed by atoms with van der Waals surface area (Å²) in [5.74, 6) is 3.00. The fourth-order valence-corrected chi connectivity index (χ4v) is 1.63. The Labute approximate surface area is 120 Å². The van der Waals surface area contributed by atoms with Gasteiger partial charge in [0.1, 0.15) is 0 Å².